The fourth-order valence-corrected chi connectivity index (χ4v) is 1.89. The molecule has 98 valence electrons. The Morgan fingerprint density at radius 2 is 1.94 bits per heavy atom. The molecule has 0 aromatic carbocycles. The molecule has 6 heteroatoms. The highest BCUT2D eigenvalue weighted by Crippen LogP contribution is 2.47. The Balaban J connectivity index is 2.47. The van der Waals surface area contributed by atoms with Crippen molar-refractivity contribution in [1.29, 1.82) is 0 Å². The molecule has 0 aliphatic heterocycles. The van der Waals surface area contributed by atoms with E-state index in [4.69, 9.17) is 10.9 Å². The summed E-state index contributed by atoms with van der Waals surface area (Å²) >= 11 is 0. The Labute approximate surface area is 102 Å². The topological polar surface area (TPSA) is 82.2 Å². The summed E-state index contributed by atoms with van der Waals surface area (Å²) < 4.78 is 0. The van der Waals surface area contributed by atoms with E-state index in [1.165, 1.54) is 0 Å². The Morgan fingerprint density at radius 1 is 1.35 bits per heavy atom. The zero-order valence-electron chi connectivity index (χ0n) is 10.8. The lowest BCUT2D eigenvalue weighted by Gasteiger charge is -2.23. The van der Waals surface area contributed by atoms with Crippen molar-refractivity contribution in [3.63, 3.8) is 0 Å². The first kappa shape index (κ1) is 13.8. The Morgan fingerprint density at radius 3 is 2.35 bits per heavy atom. The van der Waals surface area contributed by atoms with Crippen molar-refractivity contribution >= 4 is 11.7 Å². The first-order valence-electron chi connectivity index (χ1n) is 5.82. The zero-order valence-corrected chi connectivity index (χ0v) is 10.8. The van der Waals surface area contributed by atoms with Crippen LogP contribution in [0.2, 0.25) is 0 Å². The molecular formula is C11H22N4O2. The van der Waals surface area contributed by atoms with E-state index in [-0.39, 0.29) is 11.7 Å². The number of nitrogens with zero attached hydrogens (tertiary/aromatic N) is 3. The second kappa shape index (κ2) is 5.35. The molecule has 0 aromatic rings. The molecule has 1 rings (SSSR count). The standard InChI is InChI=1S/C11H22N4O2/c1-14(2)7-4-8-15(3)10(16)11(5-6-11)9(12)13-17/h17H,4-8H2,1-3H3,(H2,12,13). The van der Waals surface area contributed by atoms with E-state index in [9.17, 15) is 4.79 Å². The van der Waals surface area contributed by atoms with E-state index >= 15 is 0 Å². The lowest BCUT2D eigenvalue weighted by Crippen LogP contribution is -2.42. The number of carbonyl (C=O) groups is 1. The number of oxime groups is 1. The van der Waals surface area contributed by atoms with E-state index in [1.54, 1.807) is 11.9 Å². The van der Waals surface area contributed by atoms with Crippen molar-refractivity contribution < 1.29 is 10.0 Å². The predicted octanol–water partition coefficient (Wildman–Crippen LogP) is -0.0769. The lowest BCUT2D eigenvalue weighted by molar-refractivity contribution is -0.133. The van der Waals surface area contributed by atoms with Gasteiger partial charge in [0.1, 0.15) is 5.41 Å². The first-order chi connectivity index (χ1) is 7.94. The molecule has 0 bridgehead atoms. The van der Waals surface area contributed by atoms with Crippen LogP contribution < -0.4 is 5.73 Å². The van der Waals surface area contributed by atoms with Gasteiger partial charge in [-0.15, -0.1) is 0 Å². The van der Waals surface area contributed by atoms with Crippen LogP contribution in [0.4, 0.5) is 0 Å². The molecule has 1 saturated carbocycles. The van der Waals surface area contributed by atoms with Gasteiger partial charge in [-0.25, -0.2) is 0 Å². The number of rotatable bonds is 6. The third-order valence-electron chi connectivity index (χ3n) is 3.20. The van der Waals surface area contributed by atoms with Crippen LogP contribution >= 0.6 is 0 Å². The summed E-state index contributed by atoms with van der Waals surface area (Å²) in [5.74, 6) is 0.00788. The van der Waals surface area contributed by atoms with Crippen LogP contribution in [0.5, 0.6) is 0 Å². The largest absolute Gasteiger partial charge is 0.409 e. The van der Waals surface area contributed by atoms with Gasteiger partial charge in [-0.05, 0) is 39.9 Å². The summed E-state index contributed by atoms with van der Waals surface area (Å²) in [6.07, 6.45) is 2.28. The molecule has 1 aliphatic rings. The van der Waals surface area contributed by atoms with Crippen molar-refractivity contribution in [2.24, 2.45) is 16.3 Å². The summed E-state index contributed by atoms with van der Waals surface area (Å²) in [5, 5.41) is 11.6. The van der Waals surface area contributed by atoms with Gasteiger partial charge in [0, 0.05) is 13.6 Å². The van der Waals surface area contributed by atoms with Crippen molar-refractivity contribution in [1.82, 2.24) is 9.80 Å². The fourth-order valence-electron chi connectivity index (χ4n) is 1.89. The number of hydrogen-bond acceptors (Lipinski definition) is 4. The molecule has 1 fully saturated rings. The van der Waals surface area contributed by atoms with Gasteiger partial charge in [-0.1, -0.05) is 5.16 Å². The van der Waals surface area contributed by atoms with Gasteiger partial charge >= 0.3 is 0 Å². The van der Waals surface area contributed by atoms with Crippen LogP contribution in [-0.4, -0.2) is 61.0 Å². The Kier molecular flexibility index (Phi) is 4.34. The number of amidine groups is 1. The van der Waals surface area contributed by atoms with E-state index in [0.717, 1.165) is 13.0 Å². The van der Waals surface area contributed by atoms with Gasteiger partial charge in [0.25, 0.3) is 0 Å². The molecule has 6 nitrogen and oxygen atoms in total. The summed E-state index contributed by atoms with van der Waals surface area (Å²) in [4.78, 5) is 15.9. The molecule has 17 heavy (non-hydrogen) atoms. The average molecular weight is 242 g/mol. The van der Waals surface area contributed by atoms with Gasteiger partial charge in [0.05, 0.1) is 0 Å². The summed E-state index contributed by atoms with van der Waals surface area (Å²) in [6.45, 7) is 1.63. The van der Waals surface area contributed by atoms with Crippen LogP contribution in [0.1, 0.15) is 19.3 Å². The maximum Gasteiger partial charge on any atom is 0.236 e. The van der Waals surface area contributed by atoms with Crippen LogP contribution in [0.3, 0.4) is 0 Å². The second-order valence-corrected chi connectivity index (χ2v) is 4.95. The third-order valence-corrected chi connectivity index (χ3v) is 3.20. The summed E-state index contributed by atoms with van der Waals surface area (Å²) in [7, 11) is 5.77. The monoisotopic (exact) mass is 242 g/mol. The van der Waals surface area contributed by atoms with E-state index < -0.39 is 5.41 Å². The first-order valence-corrected chi connectivity index (χ1v) is 5.82. The predicted molar refractivity (Wildman–Crippen MR) is 65.9 cm³/mol. The van der Waals surface area contributed by atoms with Crippen molar-refractivity contribution in [3.8, 4) is 0 Å². The molecule has 0 heterocycles. The summed E-state index contributed by atoms with van der Waals surface area (Å²) in [5.41, 5.74) is 4.85. The van der Waals surface area contributed by atoms with E-state index in [0.29, 0.717) is 19.4 Å². The Hall–Kier alpha value is -1.30. The third kappa shape index (κ3) is 3.09. The highest BCUT2D eigenvalue weighted by atomic mass is 16.4. The number of hydrogen-bond donors (Lipinski definition) is 2. The molecule has 0 unspecified atom stereocenters. The lowest BCUT2D eigenvalue weighted by atomic mass is 10.0. The number of amides is 1. The minimum atomic E-state index is -0.721. The fraction of sp³-hybridized carbons (Fsp3) is 0.818. The van der Waals surface area contributed by atoms with Crippen LogP contribution in [0.25, 0.3) is 0 Å². The SMILES string of the molecule is CN(C)CCCN(C)C(=O)C1(C(N)=NO)CC1. The molecule has 0 aromatic heterocycles. The van der Waals surface area contributed by atoms with Gasteiger partial charge in [-0.2, -0.15) is 0 Å². The maximum absolute atomic E-state index is 12.1. The molecule has 0 saturated heterocycles. The van der Waals surface area contributed by atoms with Gasteiger partial charge in [-0.3, -0.25) is 4.79 Å². The number of nitrogens with two attached hydrogens (primary N) is 1. The summed E-state index contributed by atoms with van der Waals surface area (Å²) in [6, 6.07) is 0. The molecule has 0 atom stereocenters. The van der Waals surface area contributed by atoms with Crippen LogP contribution in [0, 0.1) is 5.41 Å². The van der Waals surface area contributed by atoms with Crippen LogP contribution in [-0.2, 0) is 4.79 Å². The van der Waals surface area contributed by atoms with Crippen molar-refractivity contribution in [3.05, 3.63) is 0 Å². The second-order valence-electron chi connectivity index (χ2n) is 4.95. The van der Waals surface area contributed by atoms with E-state index in [1.807, 2.05) is 14.1 Å². The Bertz CT molecular complexity index is 311. The normalized spacial score (nSPS) is 18.2. The molecule has 1 amide bonds. The zero-order chi connectivity index (χ0) is 13.1. The smallest absolute Gasteiger partial charge is 0.236 e. The van der Waals surface area contributed by atoms with Gasteiger partial charge in [0.2, 0.25) is 5.91 Å². The highest BCUT2D eigenvalue weighted by Gasteiger charge is 2.55. The molecule has 0 spiro atoms. The molecule has 3 N–H and O–H groups in total. The average Bonchev–Trinajstić information content (AvgIpc) is 3.07. The highest BCUT2D eigenvalue weighted by molar-refractivity contribution is 6.09. The minimum absolute atomic E-state index is 0.0356. The van der Waals surface area contributed by atoms with Crippen molar-refractivity contribution in [2.45, 2.75) is 19.3 Å². The minimum Gasteiger partial charge on any atom is -0.409 e. The number of carbonyl (C=O) groups excluding carboxylic acids is 1. The molecule has 1 aliphatic carbocycles. The molecular weight excluding hydrogens is 220 g/mol. The van der Waals surface area contributed by atoms with Gasteiger partial charge in [0.15, 0.2) is 5.84 Å². The van der Waals surface area contributed by atoms with Gasteiger partial charge < -0.3 is 20.7 Å². The van der Waals surface area contributed by atoms with Crippen LogP contribution in [0.15, 0.2) is 5.16 Å². The quantitative estimate of drug-likeness (QED) is 0.295. The van der Waals surface area contributed by atoms with E-state index in [2.05, 4.69) is 10.1 Å². The maximum atomic E-state index is 12.1. The molecule has 0 radical (unpaired) electrons. The van der Waals surface area contributed by atoms with Crippen molar-refractivity contribution in [2.75, 3.05) is 34.2 Å².